The Labute approximate surface area is 125 Å². The Balaban J connectivity index is 1.99. The van der Waals surface area contributed by atoms with Crippen LogP contribution in [0.1, 0.15) is 0 Å². The van der Waals surface area contributed by atoms with Gasteiger partial charge in [-0.3, -0.25) is 0 Å². The zero-order valence-corrected chi connectivity index (χ0v) is 11.6. The number of hydrogen-bond donors (Lipinski definition) is 0. The molecule has 0 amide bonds. The summed E-state index contributed by atoms with van der Waals surface area (Å²) in [5, 5.41) is 8.57. The van der Waals surface area contributed by atoms with E-state index in [1.54, 1.807) is 29.1 Å². The third-order valence-electron chi connectivity index (χ3n) is 2.60. The Hall–Kier alpha value is -2.04. The fraction of sp³-hybridized carbons (Fsp3) is 0. The Bertz CT molecular complexity index is 729. The molecule has 0 spiro atoms. The van der Waals surface area contributed by atoms with E-state index in [0.717, 1.165) is 5.69 Å². The van der Waals surface area contributed by atoms with Gasteiger partial charge in [-0.1, -0.05) is 40.5 Å². The zero-order valence-electron chi connectivity index (χ0n) is 10.1. The van der Waals surface area contributed by atoms with Gasteiger partial charge in [0.2, 0.25) is 0 Å². The topological polar surface area (TPSA) is 39.9 Å². The number of rotatable bonds is 3. The van der Waals surface area contributed by atoms with Gasteiger partial charge in [0.1, 0.15) is 17.6 Å². The maximum Gasteiger partial charge on any atom is 0.153 e. The number of ether oxygens (including phenoxy) is 1. The normalized spacial score (nSPS) is 10.5. The number of halogens is 2. The highest BCUT2D eigenvalue weighted by Gasteiger charge is 2.09. The van der Waals surface area contributed by atoms with Crippen molar-refractivity contribution in [2.45, 2.75) is 0 Å². The van der Waals surface area contributed by atoms with Crippen LogP contribution in [0.5, 0.6) is 11.5 Å². The third-order valence-corrected chi connectivity index (χ3v) is 3.14. The van der Waals surface area contributed by atoms with E-state index in [9.17, 15) is 0 Å². The molecule has 0 aliphatic carbocycles. The summed E-state index contributed by atoms with van der Waals surface area (Å²) in [6, 6.07) is 12.5. The van der Waals surface area contributed by atoms with E-state index >= 15 is 0 Å². The largest absolute Gasteiger partial charge is 0.454 e. The molecule has 0 saturated heterocycles. The van der Waals surface area contributed by atoms with Crippen LogP contribution in [0.4, 0.5) is 0 Å². The van der Waals surface area contributed by atoms with Gasteiger partial charge in [-0.2, -0.15) is 0 Å². The maximum absolute atomic E-state index is 6.11. The first kappa shape index (κ1) is 13.0. The summed E-state index contributed by atoms with van der Waals surface area (Å²) in [6.07, 6.45) is 4.26. The number of benzene rings is 2. The molecule has 0 saturated carbocycles. The number of nitrogens with zero attached hydrogens (tertiary/aromatic N) is 3. The van der Waals surface area contributed by atoms with Crippen LogP contribution in [-0.2, 0) is 0 Å². The summed E-state index contributed by atoms with van der Waals surface area (Å²) in [6.45, 7) is 0. The lowest BCUT2D eigenvalue weighted by Crippen LogP contribution is -1.98. The zero-order chi connectivity index (χ0) is 13.9. The average Bonchev–Trinajstić information content (AvgIpc) is 2.96. The lowest BCUT2D eigenvalue weighted by molar-refractivity contribution is 0.478. The van der Waals surface area contributed by atoms with E-state index in [2.05, 4.69) is 16.5 Å². The van der Waals surface area contributed by atoms with Crippen molar-refractivity contribution >= 4 is 23.2 Å². The first-order valence-electron chi connectivity index (χ1n) is 5.75. The Kier molecular flexibility index (Phi) is 3.58. The first-order valence-corrected chi connectivity index (χ1v) is 6.50. The van der Waals surface area contributed by atoms with Crippen LogP contribution < -0.4 is 4.74 Å². The first-order chi connectivity index (χ1) is 9.74. The van der Waals surface area contributed by atoms with Gasteiger partial charge in [0.05, 0.1) is 11.2 Å². The summed E-state index contributed by atoms with van der Waals surface area (Å²) < 4.78 is 7.39. The van der Waals surface area contributed by atoms with Crippen molar-refractivity contribution in [3.63, 3.8) is 0 Å². The highest BCUT2D eigenvalue weighted by molar-refractivity contribution is 6.35. The molecule has 6 heteroatoms. The molecule has 3 aromatic rings. The van der Waals surface area contributed by atoms with Gasteiger partial charge in [0, 0.05) is 5.02 Å². The second-order valence-corrected chi connectivity index (χ2v) is 4.78. The SMILES string of the molecule is Clc1ccc(Oc2ccccc2-n2c[c]nn2)c(Cl)c1. The summed E-state index contributed by atoms with van der Waals surface area (Å²) in [4.78, 5) is 0. The van der Waals surface area contributed by atoms with Crippen molar-refractivity contribution < 1.29 is 4.74 Å². The van der Waals surface area contributed by atoms with Crippen molar-refractivity contribution in [1.82, 2.24) is 15.0 Å². The van der Waals surface area contributed by atoms with E-state index in [4.69, 9.17) is 27.9 Å². The van der Waals surface area contributed by atoms with Gasteiger partial charge in [-0.15, -0.1) is 5.10 Å². The molecule has 0 aliphatic heterocycles. The fourth-order valence-corrected chi connectivity index (χ4v) is 2.15. The predicted octanol–water partition coefficient (Wildman–Crippen LogP) is 4.17. The average molecular weight is 305 g/mol. The second kappa shape index (κ2) is 5.53. The van der Waals surface area contributed by atoms with Crippen LogP contribution >= 0.6 is 23.2 Å². The molecule has 99 valence electrons. The molecule has 0 atom stereocenters. The molecule has 1 radical (unpaired) electrons. The van der Waals surface area contributed by atoms with Gasteiger partial charge in [-0.05, 0) is 30.3 Å². The summed E-state index contributed by atoms with van der Waals surface area (Å²) >= 11 is 12.0. The van der Waals surface area contributed by atoms with Gasteiger partial charge in [0.25, 0.3) is 0 Å². The number of hydrogen-bond acceptors (Lipinski definition) is 3. The molecular weight excluding hydrogens is 297 g/mol. The minimum absolute atomic E-state index is 0.442. The molecule has 2 aromatic carbocycles. The monoisotopic (exact) mass is 304 g/mol. The molecule has 0 aliphatic rings. The predicted molar refractivity (Wildman–Crippen MR) is 76.7 cm³/mol. The van der Waals surface area contributed by atoms with E-state index in [0.29, 0.717) is 21.5 Å². The highest BCUT2D eigenvalue weighted by Crippen LogP contribution is 2.33. The molecule has 1 aromatic heterocycles. The summed E-state index contributed by atoms with van der Waals surface area (Å²) in [5.41, 5.74) is 0.743. The molecular formula is C14H8Cl2N3O. The molecule has 4 nitrogen and oxygen atoms in total. The minimum Gasteiger partial charge on any atom is -0.454 e. The Morgan fingerprint density at radius 2 is 1.90 bits per heavy atom. The third kappa shape index (κ3) is 2.61. The fourth-order valence-electron chi connectivity index (χ4n) is 1.71. The minimum atomic E-state index is 0.442. The van der Waals surface area contributed by atoms with E-state index in [1.807, 2.05) is 24.3 Å². The molecule has 0 N–H and O–H groups in total. The lowest BCUT2D eigenvalue weighted by Gasteiger charge is -2.11. The second-order valence-electron chi connectivity index (χ2n) is 3.94. The van der Waals surface area contributed by atoms with Crippen molar-refractivity contribution in [2.24, 2.45) is 0 Å². The summed E-state index contributed by atoms with van der Waals surface area (Å²) in [5.74, 6) is 1.13. The Morgan fingerprint density at radius 1 is 1.05 bits per heavy atom. The van der Waals surface area contributed by atoms with Gasteiger partial charge in [0.15, 0.2) is 5.75 Å². The number of aromatic nitrogens is 3. The highest BCUT2D eigenvalue weighted by atomic mass is 35.5. The Morgan fingerprint density at radius 3 is 2.65 bits per heavy atom. The molecule has 0 fully saturated rings. The van der Waals surface area contributed by atoms with E-state index in [-0.39, 0.29) is 0 Å². The summed E-state index contributed by atoms with van der Waals surface area (Å²) in [7, 11) is 0. The molecule has 0 bridgehead atoms. The molecule has 1 heterocycles. The van der Waals surface area contributed by atoms with Crippen molar-refractivity contribution in [1.29, 1.82) is 0 Å². The standard InChI is InChI=1S/C14H8Cl2N3O/c15-10-5-6-13(11(16)9-10)20-14-4-2-1-3-12(14)19-8-7-17-18-19/h1-6,8-9H. The van der Waals surface area contributed by atoms with Gasteiger partial charge in [-0.25, -0.2) is 4.68 Å². The van der Waals surface area contributed by atoms with Crippen molar-refractivity contribution in [3.8, 4) is 17.2 Å². The van der Waals surface area contributed by atoms with E-state index in [1.165, 1.54) is 0 Å². The lowest BCUT2D eigenvalue weighted by atomic mass is 10.3. The van der Waals surface area contributed by atoms with Crippen LogP contribution in [0.2, 0.25) is 10.0 Å². The molecule has 0 unspecified atom stereocenters. The smallest absolute Gasteiger partial charge is 0.153 e. The van der Waals surface area contributed by atoms with Gasteiger partial charge < -0.3 is 4.74 Å². The van der Waals surface area contributed by atoms with Crippen LogP contribution in [0.25, 0.3) is 5.69 Å². The van der Waals surface area contributed by atoms with Gasteiger partial charge >= 0.3 is 0 Å². The quantitative estimate of drug-likeness (QED) is 0.729. The van der Waals surface area contributed by atoms with Crippen LogP contribution in [0.3, 0.4) is 0 Å². The molecule has 20 heavy (non-hydrogen) atoms. The van der Waals surface area contributed by atoms with Crippen LogP contribution in [0, 0.1) is 6.20 Å². The molecule has 3 rings (SSSR count). The van der Waals surface area contributed by atoms with Crippen LogP contribution in [-0.4, -0.2) is 15.0 Å². The van der Waals surface area contributed by atoms with Crippen molar-refractivity contribution in [2.75, 3.05) is 0 Å². The number of para-hydroxylation sites is 2. The van der Waals surface area contributed by atoms with E-state index < -0.39 is 0 Å². The van der Waals surface area contributed by atoms with Crippen molar-refractivity contribution in [3.05, 3.63) is 64.9 Å². The van der Waals surface area contributed by atoms with Crippen LogP contribution in [0.15, 0.2) is 48.7 Å². The maximum atomic E-state index is 6.11.